The molecule has 2 atom stereocenters. The molecule has 3 aromatic rings. The Morgan fingerprint density at radius 1 is 1.10 bits per heavy atom. The van der Waals surface area contributed by atoms with Gasteiger partial charge in [0.15, 0.2) is 0 Å². The monoisotopic (exact) mass is 440 g/mol. The summed E-state index contributed by atoms with van der Waals surface area (Å²) < 4.78 is 36.1. The van der Waals surface area contributed by atoms with Crippen LogP contribution in [0.1, 0.15) is 16.2 Å². The van der Waals surface area contributed by atoms with Gasteiger partial charge in [-0.05, 0) is 30.3 Å². The van der Waals surface area contributed by atoms with Crippen molar-refractivity contribution < 1.29 is 17.9 Å². The first kappa shape index (κ1) is 19.6. The highest BCUT2D eigenvalue weighted by Crippen LogP contribution is 2.35. The van der Waals surface area contributed by atoms with Gasteiger partial charge in [0.1, 0.15) is 16.7 Å². The van der Waals surface area contributed by atoms with Crippen LogP contribution in [0.25, 0.3) is 0 Å². The number of carbonyl (C=O) groups excluding carboxylic acids is 1. The minimum Gasteiger partial charge on any atom is -0.470 e. The molecule has 1 fully saturated rings. The molecule has 0 bridgehead atoms. The fourth-order valence-corrected chi connectivity index (χ4v) is 5.71. The van der Waals surface area contributed by atoms with Gasteiger partial charge >= 0.3 is 0 Å². The third-order valence-electron chi connectivity index (χ3n) is 5.56. The molecule has 5 rings (SSSR count). The van der Waals surface area contributed by atoms with E-state index in [1.54, 1.807) is 48.6 Å². The number of amides is 1. The van der Waals surface area contributed by atoms with Gasteiger partial charge in [-0.2, -0.15) is 9.40 Å². The van der Waals surface area contributed by atoms with Crippen LogP contribution in [0, 0.1) is 0 Å². The van der Waals surface area contributed by atoms with Crippen LogP contribution in [0.15, 0.2) is 59.9 Å². The summed E-state index contributed by atoms with van der Waals surface area (Å²) in [6.07, 6.45) is 4.10. The van der Waals surface area contributed by atoms with Gasteiger partial charge in [-0.15, -0.1) is 0 Å². The smallest absolute Gasteiger partial charge is 0.272 e. The van der Waals surface area contributed by atoms with Gasteiger partial charge in [-0.25, -0.2) is 13.4 Å². The molecular formula is C20H20N6O4S. The Hall–Kier alpha value is -3.31. The molecule has 160 valence electrons. The van der Waals surface area contributed by atoms with Crippen LogP contribution >= 0.6 is 0 Å². The predicted octanol–water partition coefficient (Wildman–Crippen LogP) is 0.687. The van der Waals surface area contributed by atoms with Gasteiger partial charge in [0, 0.05) is 32.2 Å². The Morgan fingerprint density at radius 2 is 1.94 bits per heavy atom. The third-order valence-corrected chi connectivity index (χ3v) is 7.45. The van der Waals surface area contributed by atoms with Crippen molar-refractivity contribution in [1.82, 2.24) is 29.0 Å². The first-order chi connectivity index (χ1) is 14.9. The summed E-state index contributed by atoms with van der Waals surface area (Å²) in [6.45, 7) is 0.490. The molecular weight excluding hydrogens is 420 g/mol. The highest BCUT2D eigenvalue weighted by Gasteiger charge is 2.49. The highest BCUT2D eigenvalue weighted by atomic mass is 32.2. The normalized spacial score (nSPS) is 22.3. The Balaban J connectivity index is 1.54. The van der Waals surface area contributed by atoms with Crippen LogP contribution in [0.3, 0.4) is 0 Å². The molecule has 10 nitrogen and oxygen atoms in total. The molecule has 5 heterocycles. The fourth-order valence-electron chi connectivity index (χ4n) is 4.02. The molecule has 0 aliphatic carbocycles. The van der Waals surface area contributed by atoms with Crippen LogP contribution < -0.4 is 4.74 Å². The summed E-state index contributed by atoms with van der Waals surface area (Å²) in [4.78, 5) is 23.1. The minimum absolute atomic E-state index is 0.0184. The Bertz CT molecular complexity index is 1230. The molecule has 0 saturated carbocycles. The molecule has 1 saturated heterocycles. The van der Waals surface area contributed by atoms with E-state index in [0.29, 0.717) is 11.4 Å². The van der Waals surface area contributed by atoms with E-state index < -0.39 is 22.2 Å². The van der Waals surface area contributed by atoms with Gasteiger partial charge in [-0.1, -0.05) is 6.07 Å². The number of likely N-dealkylation sites (tertiary alicyclic amines) is 1. The Labute approximate surface area is 179 Å². The van der Waals surface area contributed by atoms with Crippen LogP contribution in [0.5, 0.6) is 5.88 Å². The lowest BCUT2D eigenvalue weighted by molar-refractivity contribution is 0.0759. The average Bonchev–Trinajstić information content (AvgIpc) is 3.37. The minimum atomic E-state index is -3.93. The van der Waals surface area contributed by atoms with Crippen molar-refractivity contribution in [2.24, 2.45) is 7.05 Å². The first-order valence-corrected chi connectivity index (χ1v) is 11.2. The number of hydrogen-bond acceptors (Lipinski definition) is 7. The van der Waals surface area contributed by atoms with Crippen LogP contribution in [-0.4, -0.2) is 68.5 Å². The predicted molar refractivity (Wildman–Crippen MR) is 109 cm³/mol. The summed E-state index contributed by atoms with van der Waals surface area (Å²) in [7, 11) is -2.24. The summed E-state index contributed by atoms with van der Waals surface area (Å²) >= 11 is 0. The average molecular weight is 440 g/mol. The maximum Gasteiger partial charge on any atom is 0.272 e. The molecule has 0 N–H and O–H groups in total. The summed E-state index contributed by atoms with van der Waals surface area (Å²) in [5.74, 6) is -0.177. The van der Waals surface area contributed by atoms with Crippen molar-refractivity contribution in [3.63, 3.8) is 0 Å². The van der Waals surface area contributed by atoms with Crippen molar-refractivity contribution in [1.29, 1.82) is 0 Å². The molecule has 0 radical (unpaired) electrons. The molecule has 1 amide bonds. The van der Waals surface area contributed by atoms with Crippen molar-refractivity contribution in [3.8, 4) is 5.88 Å². The van der Waals surface area contributed by atoms with Crippen molar-refractivity contribution >= 4 is 15.9 Å². The number of fused-ring (bicyclic) bond motifs is 2. The van der Waals surface area contributed by atoms with E-state index in [1.165, 1.54) is 21.3 Å². The number of pyridine rings is 2. The Morgan fingerprint density at radius 3 is 2.68 bits per heavy atom. The zero-order chi connectivity index (χ0) is 21.6. The summed E-state index contributed by atoms with van der Waals surface area (Å²) in [6, 6.07) is 9.46. The van der Waals surface area contributed by atoms with E-state index >= 15 is 0 Å². The molecule has 0 unspecified atom stereocenters. The lowest BCUT2D eigenvalue weighted by Gasteiger charge is -2.27. The lowest BCUT2D eigenvalue weighted by atomic mass is 10.2. The van der Waals surface area contributed by atoms with E-state index in [-0.39, 0.29) is 36.3 Å². The second kappa shape index (κ2) is 7.43. The van der Waals surface area contributed by atoms with E-state index in [0.717, 1.165) is 0 Å². The summed E-state index contributed by atoms with van der Waals surface area (Å²) in [5, 5.41) is 4.05. The van der Waals surface area contributed by atoms with Crippen molar-refractivity contribution in [2.75, 3.05) is 13.1 Å². The topological polar surface area (TPSA) is 111 Å². The van der Waals surface area contributed by atoms with E-state index in [4.69, 9.17) is 4.74 Å². The highest BCUT2D eigenvalue weighted by molar-refractivity contribution is 7.89. The number of hydrogen-bond donors (Lipinski definition) is 0. The van der Waals surface area contributed by atoms with E-state index in [1.807, 2.05) is 6.07 Å². The van der Waals surface area contributed by atoms with Crippen LogP contribution in [0.2, 0.25) is 0 Å². The van der Waals surface area contributed by atoms with Gasteiger partial charge < -0.3 is 9.64 Å². The maximum absolute atomic E-state index is 13.6. The zero-order valence-corrected chi connectivity index (χ0v) is 17.5. The first-order valence-electron chi connectivity index (χ1n) is 9.76. The number of rotatable bonds is 3. The molecule has 31 heavy (non-hydrogen) atoms. The van der Waals surface area contributed by atoms with Crippen LogP contribution in [-0.2, 0) is 23.6 Å². The quantitative estimate of drug-likeness (QED) is 0.589. The number of aryl methyl sites for hydroxylation is 1. The number of carbonyl (C=O) groups is 1. The van der Waals surface area contributed by atoms with Crippen molar-refractivity contribution in [3.05, 3.63) is 66.4 Å². The molecule has 11 heteroatoms. The Kier molecular flexibility index (Phi) is 4.71. The summed E-state index contributed by atoms with van der Waals surface area (Å²) in [5.41, 5.74) is 1.03. The largest absolute Gasteiger partial charge is 0.470 e. The second-order valence-corrected chi connectivity index (χ2v) is 9.31. The van der Waals surface area contributed by atoms with Gasteiger partial charge in [-0.3, -0.25) is 14.5 Å². The molecule has 2 aliphatic heterocycles. The number of ether oxygens (including phenoxy) is 1. The van der Waals surface area contributed by atoms with E-state index in [2.05, 4.69) is 15.1 Å². The van der Waals surface area contributed by atoms with Gasteiger partial charge in [0.2, 0.25) is 15.9 Å². The fraction of sp³-hybridized carbons (Fsp3) is 0.300. The van der Waals surface area contributed by atoms with Gasteiger partial charge in [0.25, 0.3) is 5.91 Å². The number of nitrogens with zero attached hydrogens (tertiary/aromatic N) is 6. The second-order valence-electron chi connectivity index (χ2n) is 7.45. The van der Waals surface area contributed by atoms with Gasteiger partial charge in [0.05, 0.1) is 24.8 Å². The lowest BCUT2D eigenvalue weighted by Crippen LogP contribution is -2.46. The zero-order valence-electron chi connectivity index (χ0n) is 16.7. The molecule has 0 spiro atoms. The SMILES string of the molecule is Cn1nccc1C(=O)N1C[C@@H]2[C@@H](C1)Oc1ncccc1S(=O)(=O)N2Cc1ccccn1. The number of sulfonamides is 1. The molecule has 0 aromatic carbocycles. The number of aromatic nitrogens is 4. The third kappa shape index (κ3) is 3.35. The van der Waals surface area contributed by atoms with E-state index in [9.17, 15) is 13.2 Å². The maximum atomic E-state index is 13.6. The standard InChI is InChI=1S/C20H20N6O4S/c1-24-15(7-10-23-24)20(27)25-12-16-17(13-25)30-19-18(6-4-9-22-19)31(28,29)26(16)11-14-5-2-3-8-21-14/h2-10,16-17H,11-13H2,1H3/t16-,17-/m1/s1. The van der Waals surface area contributed by atoms with Crippen LogP contribution in [0.4, 0.5) is 0 Å². The molecule has 3 aromatic heterocycles. The molecule has 2 aliphatic rings. The van der Waals surface area contributed by atoms with Crippen molar-refractivity contribution in [2.45, 2.75) is 23.6 Å².